The first kappa shape index (κ1) is 29.8. The summed E-state index contributed by atoms with van der Waals surface area (Å²) < 4.78 is 41.9. The van der Waals surface area contributed by atoms with Gasteiger partial charge < -0.3 is 19.6 Å². The number of benzene rings is 1. The number of nitrogens with one attached hydrogen (secondary N) is 1. The smallest absolute Gasteiger partial charge is 0.334 e. The first-order valence-corrected chi connectivity index (χ1v) is 10.0. The highest BCUT2D eigenvalue weighted by molar-refractivity contribution is 7.86. The summed E-state index contributed by atoms with van der Waals surface area (Å²) in [6.07, 6.45) is -0.428. The number of anilines is 1. The third-order valence-corrected chi connectivity index (χ3v) is 4.86. The summed E-state index contributed by atoms with van der Waals surface area (Å²) in [5, 5.41) is 2.43. The topological polar surface area (TPSA) is 136 Å². The van der Waals surface area contributed by atoms with Gasteiger partial charge in [-0.25, -0.2) is 4.79 Å². The van der Waals surface area contributed by atoms with Gasteiger partial charge in [0.15, 0.2) is 6.10 Å². The Morgan fingerprint density at radius 2 is 1.77 bits per heavy atom. The van der Waals surface area contributed by atoms with Crippen molar-refractivity contribution in [1.29, 1.82) is 0 Å². The minimum atomic E-state index is -4.50. The summed E-state index contributed by atoms with van der Waals surface area (Å²) in [5.74, 6) is -1.61. The van der Waals surface area contributed by atoms with Gasteiger partial charge in [0.2, 0.25) is 5.91 Å². The summed E-state index contributed by atoms with van der Waals surface area (Å²) in [4.78, 5) is 34.9. The monoisotopic (exact) mass is 451 g/mol. The molecule has 0 spiro atoms. The Kier molecular flexibility index (Phi) is 13.7. The SMILES string of the molecule is C.COC(C)C(=O)OCCC(CC(C)=O)CC(=O)Nc1ccccc1S(=O)(=O)O.F. The number of ketones is 1. The van der Waals surface area contributed by atoms with Crippen LogP contribution in [-0.4, -0.2) is 50.5 Å². The molecule has 2 N–H and O–H groups in total. The zero-order chi connectivity index (χ0) is 21.3. The Bertz CT molecular complexity index is 813. The molecule has 1 amide bonds. The van der Waals surface area contributed by atoms with Crippen molar-refractivity contribution in [1.82, 2.24) is 0 Å². The molecule has 11 heteroatoms. The molecule has 0 aromatic heterocycles. The highest BCUT2D eigenvalue weighted by Gasteiger charge is 2.21. The molecular formula is C19H30FNO8S. The van der Waals surface area contributed by atoms with Crippen LogP contribution >= 0.6 is 0 Å². The predicted molar refractivity (Wildman–Crippen MR) is 110 cm³/mol. The van der Waals surface area contributed by atoms with E-state index in [0.29, 0.717) is 0 Å². The van der Waals surface area contributed by atoms with E-state index < -0.39 is 38.9 Å². The van der Waals surface area contributed by atoms with Crippen LogP contribution in [0.5, 0.6) is 0 Å². The van der Waals surface area contributed by atoms with E-state index in [2.05, 4.69) is 5.32 Å². The van der Waals surface area contributed by atoms with Crippen LogP contribution in [0.4, 0.5) is 10.4 Å². The maximum absolute atomic E-state index is 12.3. The van der Waals surface area contributed by atoms with E-state index in [-0.39, 0.29) is 49.5 Å². The fourth-order valence-corrected chi connectivity index (χ4v) is 3.13. The third kappa shape index (κ3) is 10.4. The normalized spacial score (nSPS) is 12.5. The molecular weight excluding hydrogens is 421 g/mol. The van der Waals surface area contributed by atoms with Gasteiger partial charge in [-0.3, -0.25) is 14.1 Å². The van der Waals surface area contributed by atoms with Crippen molar-refractivity contribution in [3.8, 4) is 0 Å². The fraction of sp³-hybridized carbons (Fsp3) is 0.526. The summed E-state index contributed by atoms with van der Waals surface area (Å²) in [6.45, 7) is 2.94. The number of carbonyl (C=O) groups is 3. The average molecular weight is 452 g/mol. The number of hydrogen-bond acceptors (Lipinski definition) is 7. The van der Waals surface area contributed by atoms with Crippen LogP contribution in [0.15, 0.2) is 29.2 Å². The largest absolute Gasteiger partial charge is 0.464 e. The van der Waals surface area contributed by atoms with Gasteiger partial charge in [0, 0.05) is 20.0 Å². The number of amides is 1. The molecule has 0 aliphatic carbocycles. The number of hydrogen-bond donors (Lipinski definition) is 2. The van der Waals surface area contributed by atoms with Gasteiger partial charge in [-0.2, -0.15) is 8.42 Å². The first-order chi connectivity index (χ1) is 13.0. The number of halogens is 1. The molecule has 0 fully saturated rings. The van der Waals surface area contributed by atoms with E-state index in [9.17, 15) is 27.4 Å². The Morgan fingerprint density at radius 3 is 2.30 bits per heavy atom. The van der Waals surface area contributed by atoms with Gasteiger partial charge in [0.25, 0.3) is 10.1 Å². The molecule has 0 heterocycles. The quantitative estimate of drug-likeness (QED) is 0.387. The lowest BCUT2D eigenvalue weighted by atomic mass is 9.95. The molecule has 2 atom stereocenters. The van der Waals surface area contributed by atoms with Crippen LogP contribution in [0, 0.1) is 5.92 Å². The van der Waals surface area contributed by atoms with Crippen molar-refractivity contribution < 1.29 is 41.5 Å². The van der Waals surface area contributed by atoms with E-state index >= 15 is 0 Å². The molecule has 172 valence electrons. The van der Waals surface area contributed by atoms with Crippen molar-refractivity contribution in [2.45, 2.75) is 51.5 Å². The number of carbonyl (C=O) groups excluding carboxylic acids is 3. The molecule has 0 aliphatic rings. The van der Waals surface area contributed by atoms with Gasteiger partial charge in [-0.05, 0) is 38.3 Å². The predicted octanol–water partition coefficient (Wildman–Crippen LogP) is 2.61. The van der Waals surface area contributed by atoms with Crippen molar-refractivity contribution in [3.05, 3.63) is 24.3 Å². The van der Waals surface area contributed by atoms with E-state index in [4.69, 9.17) is 9.47 Å². The van der Waals surface area contributed by atoms with Crippen molar-refractivity contribution in [2.75, 3.05) is 19.0 Å². The van der Waals surface area contributed by atoms with Gasteiger partial charge in [0.05, 0.1) is 12.3 Å². The van der Waals surface area contributed by atoms with E-state index in [1.54, 1.807) is 0 Å². The Morgan fingerprint density at radius 1 is 1.17 bits per heavy atom. The molecule has 0 bridgehead atoms. The molecule has 0 saturated carbocycles. The number of para-hydroxylation sites is 1. The molecule has 0 saturated heterocycles. The standard InChI is InChI=1S/C18H25NO8S.CH4.FH/c1-12(20)10-14(8-9-27-18(22)13(2)26-3)11-17(21)19-15-6-4-5-7-16(15)28(23,24)25;;/h4-7,13-14H,8-11H2,1-3H3,(H,19,21)(H,23,24,25);1H4;1H. The van der Waals surface area contributed by atoms with Crippen LogP contribution in [0.2, 0.25) is 0 Å². The molecule has 9 nitrogen and oxygen atoms in total. The van der Waals surface area contributed by atoms with Crippen LogP contribution in [0.25, 0.3) is 0 Å². The average Bonchev–Trinajstić information content (AvgIpc) is 2.59. The zero-order valence-electron chi connectivity index (χ0n) is 16.4. The number of ether oxygens (including phenoxy) is 2. The van der Waals surface area contributed by atoms with Gasteiger partial charge in [-0.15, -0.1) is 0 Å². The lowest BCUT2D eigenvalue weighted by molar-refractivity contribution is -0.154. The third-order valence-electron chi connectivity index (χ3n) is 3.95. The van der Waals surface area contributed by atoms with E-state index in [1.165, 1.54) is 39.2 Å². The lowest BCUT2D eigenvalue weighted by Crippen LogP contribution is -2.24. The van der Waals surface area contributed by atoms with Crippen LogP contribution in [0.3, 0.4) is 0 Å². The lowest BCUT2D eigenvalue weighted by Gasteiger charge is -2.17. The van der Waals surface area contributed by atoms with E-state index in [1.807, 2.05) is 0 Å². The molecule has 2 unspecified atom stereocenters. The van der Waals surface area contributed by atoms with Gasteiger partial charge >= 0.3 is 5.97 Å². The first-order valence-electron chi connectivity index (χ1n) is 8.59. The number of esters is 1. The maximum Gasteiger partial charge on any atom is 0.334 e. The highest BCUT2D eigenvalue weighted by Crippen LogP contribution is 2.22. The minimum absolute atomic E-state index is 0. The molecule has 30 heavy (non-hydrogen) atoms. The molecule has 1 rings (SSSR count). The van der Waals surface area contributed by atoms with Crippen molar-refractivity contribution >= 4 is 33.5 Å². The highest BCUT2D eigenvalue weighted by atomic mass is 32.2. The zero-order valence-corrected chi connectivity index (χ0v) is 17.2. The fourth-order valence-electron chi connectivity index (χ4n) is 2.48. The second-order valence-corrected chi connectivity index (χ2v) is 7.72. The number of Topliss-reactive ketones (excluding diaryl/α,β-unsaturated/α-hetero) is 1. The summed E-state index contributed by atoms with van der Waals surface area (Å²) in [7, 11) is -3.12. The van der Waals surface area contributed by atoms with Crippen LogP contribution in [-0.2, 0) is 34.0 Å². The van der Waals surface area contributed by atoms with Crippen molar-refractivity contribution in [3.63, 3.8) is 0 Å². The summed E-state index contributed by atoms with van der Waals surface area (Å²) >= 11 is 0. The van der Waals surface area contributed by atoms with Gasteiger partial charge in [0.1, 0.15) is 10.7 Å². The van der Waals surface area contributed by atoms with Crippen LogP contribution in [0.1, 0.15) is 40.5 Å². The maximum atomic E-state index is 12.3. The van der Waals surface area contributed by atoms with Crippen LogP contribution < -0.4 is 5.32 Å². The number of rotatable bonds is 11. The second-order valence-electron chi connectivity index (χ2n) is 6.33. The van der Waals surface area contributed by atoms with Gasteiger partial charge in [-0.1, -0.05) is 19.6 Å². The Hall–Kier alpha value is -2.37. The summed E-state index contributed by atoms with van der Waals surface area (Å²) in [5.41, 5.74) is -0.0584. The molecule has 0 radical (unpaired) electrons. The molecule has 1 aromatic rings. The van der Waals surface area contributed by atoms with E-state index in [0.717, 1.165) is 6.07 Å². The Labute approximate surface area is 176 Å². The van der Waals surface area contributed by atoms with Crippen molar-refractivity contribution in [2.24, 2.45) is 5.92 Å². The Balaban J connectivity index is 0. The second kappa shape index (κ2) is 13.8. The minimum Gasteiger partial charge on any atom is -0.464 e. The number of methoxy groups -OCH3 is 1. The molecule has 0 aliphatic heterocycles. The molecule has 1 aromatic carbocycles. The summed E-state index contributed by atoms with van der Waals surface area (Å²) in [6, 6.07) is 5.42.